The summed E-state index contributed by atoms with van der Waals surface area (Å²) in [4.78, 5) is 21.6. The van der Waals surface area contributed by atoms with Crippen LogP contribution in [0.5, 0.6) is 0 Å². The summed E-state index contributed by atoms with van der Waals surface area (Å²) in [6.45, 7) is 0. The van der Waals surface area contributed by atoms with Gasteiger partial charge in [0.05, 0.1) is 22.0 Å². The lowest BCUT2D eigenvalue weighted by atomic mass is 10.1. The molecule has 0 heterocycles. The first-order valence-electron chi connectivity index (χ1n) is 4.02. The first-order chi connectivity index (χ1) is 7.34. The number of aliphatic carboxylic acids is 1. The molecule has 0 fully saturated rings. The van der Waals surface area contributed by atoms with Crippen molar-refractivity contribution in [1.29, 1.82) is 0 Å². The van der Waals surface area contributed by atoms with Crippen molar-refractivity contribution in [2.45, 2.75) is 6.42 Å². The number of rotatable bonds is 3. The number of carbonyl (C=O) groups excluding carboxylic acids is 1. The van der Waals surface area contributed by atoms with E-state index in [2.05, 4.69) is 0 Å². The number of primary amides is 1. The molecule has 0 aliphatic carbocycles. The monoisotopic (exact) mass is 281 g/mol. The van der Waals surface area contributed by atoms with Gasteiger partial charge in [-0.15, -0.1) is 0 Å². The van der Waals surface area contributed by atoms with E-state index in [1.165, 1.54) is 6.07 Å². The smallest absolute Gasteiger partial charge is 0.307 e. The maximum absolute atomic E-state index is 11.1. The van der Waals surface area contributed by atoms with E-state index in [9.17, 15) is 9.59 Å². The zero-order valence-corrected chi connectivity index (χ0v) is 10.0. The third-order valence-corrected chi connectivity index (χ3v) is 2.89. The predicted molar refractivity (Wildman–Crippen MR) is 61.3 cm³/mol. The first kappa shape index (κ1) is 13.1. The Morgan fingerprint density at radius 2 is 1.81 bits per heavy atom. The summed E-state index contributed by atoms with van der Waals surface area (Å²) in [7, 11) is 0. The molecule has 0 aromatic heterocycles. The van der Waals surface area contributed by atoms with Crippen molar-refractivity contribution in [2.24, 2.45) is 5.73 Å². The second kappa shape index (κ2) is 4.91. The highest BCUT2D eigenvalue weighted by molar-refractivity contribution is 6.43. The van der Waals surface area contributed by atoms with Crippen molar-refractivity contribution in [3.8, 4) is 0 Å². The minimum Gasteiger partial charge on any atom is -0.481 e. The summed E-state index contributed by atoms with van der Waals surface area (Å²) >= 11 is 17.3. The molecule has 0 unspecified atom stereocenters. The fourth-order valence-corrected chi connectivity index (χ4v) is 2.25. The van der Waals surface area contributed by atoms with Gasteiger partial charge in [-0.3, -0.25) is 9.59 Å². The number of carbonyl (C=O) groups is 2. The quantitative estimate of drug-likeness (QED) is 0.893. The second-order valence-electron chi connectivity index (χ2n) is 2.94. The third-order valence-electron chi connectivity index (χ3n) is 1.84. The average molecular weight is 283 g/mol. The number of nitrogens with two attached hydrogens (primary N) is 1. The van der Waals surface area contributed by atoms with Crippen LogP contribution in [0.15, 0.2) is 6.07 Å². The number of carboxylic acids is 1. The molecule has 1 amide bonds. The van der Waals surface area contributed by atoms with Crippen molar-refractivity contribution < 1.29 is 14.7 Å². The van der Waals surface area contributed by atoms with Crippen molar-refractivity contribution in [1.82, 2.24) is 0 Å². The number of carboxylic acid groups (broad SMARTS) is 1. The molecule has 1 rings (SSSR count). The Bertz CT molecular complexity index is 474. The molecule has 1 aromatic carbocycles. The molecule has 1 aromatic rings. The van der Waals surface area contributed by atoms with Crippen LogP contribution < -0.4 is 5.73 Å². The van der Waals surface area contributed by atoms with Gasteiger partial charge in [-0.1, -0.05) is 34.8 Å². The zero-order valence-electron chi connectivity index (χ0n) is 7.76. The van der Waals surface area contributed by atoms with Gasteiger partial charge in [0.1, 0.15) is 0 Å². The Hall–Kier alpha value is -0.970. The highest BCUT2D eigenvalue weighted by Gasteiger charge is 2.20. The van der Waals surface area contributed by atoms with Crippen molar-refractivity contribution >= 4 is 46.7 Å². The summed E-state index contributed by atoms with van der Waals surface area (Å²) < 4.78 is 0. The highest BCUT2D eigenvalue weighted by Crippen LogP contribution is 2.34. The van der Waals surface area contributed by atoms with Gasteiger partial charge in [-0.2, -0.15) is 0 Å². The summed E-state index contributed by atoms with van der Waals surface area (Å²) in [6.07, 6.45) is -0.408. The van der Waals surface area contributed by atoms with Gasteiger partial charge in [0.25, 0.3) is 5.91 Å². The molecule has 3 N–H and O–H groups in total. The molecule has 0 radical (unpaired) electrons. The largest absolute Gasteiger partial charge is 0.481 e. The minimum absolute atomic E-state index is 0.00311. The van der Waals surface area contributed by atoms with E-state index >= 15 is 0 Å². The number of benzene rings is 1. The summed E-state index contributed by atoms with van der Waals surface area (Å²) in [6, 6.07) is 1.24. The van der Waals surface area contributed by atoms with Crippen LogP contribution in [-0.2, 0) is 11.2 Å². The summed E-state index contributed by atoms with van der Waals surface area (Å²) in [5, 5.41) is 8.61. The molecule has 0 saturated carbocycles. The van der Waals surface area contributed by atoms with Crippen LogP contribution in [0.1, 0.15) is 15.9 Å². The van der Waals surface area contributed by atoms with Crippen LogP contribution in [-0.4, -0.2) is 17.0 Å². The minimum atomic E-state index is -1.12. The van der Waals surface area contributed by atoms with Crippen LogP contribution in [0, 0.1) is 0 Å². The molecule has 0 atom stereocenters. The Balaban J connectivity index is 3.44. The van der Waals surface area contributed by atoms with Gasteiger partial charge >= 0.3 is 5.97 Å². The summed E-state index contributed by atoms with van der Waals surface area (Å²) in [5.74, 6) is -1.96. The van der Waals surface area contributed by atoms with E-state index in [4.69, 9.17) is 45.6 Å². The highest BCUT2D eigenvalue weighted by atomic mass is 35.5. The molecule has 4 nitrogen and oxygen atoms in total. The van der Waals surface area contributed by atoms with Gasteiger partial charge in [0, 0.05) is 10.6 Å². The van der Waals surface area contributed by atoms with E-state index in [1.54, 1.807) is 0 Å². The first-order valence-corrected chi connectivity index (χ1v) is 5.16. The zero-order chi connectivity index (χ0) is 12.5. The lowest BCUT2D eigenvalue weighted by molar-refractivity contribution is -0.136. The molecular weight excluding hydrogens is 276 g/mol. The average Bonchev–Trinajstić information content (AvgIpc) is 2.10. The van der Waals surface area contributed by atoms with Gasteiger partial charge in [0.15, 0.2) is 0 Å². The Kier molecular flexibility index (Phi) is 4.02. The Morgan fingerprint density at radius 3 is 2.25 bits per heavy atom. The van der Waals surface area contributed by atoms with Crippen molar-refractivity contribution in [3.63, 3.8) is 0 Å². The maximum atomic E-state index is 11.1. The molecule has 0 spiro atoms. The second-order valence-corrected chi connectivity index (χ2v) is 4.13. The molecule has 0 aliphatic heterocycles. The Labute approximate surface area is 106 Å². The van der Waals surface area contributed by atoms with Crippen LogP contribution in [0.2, 0.25) is 15.1 Å². The lowest BCUT2D eigenvalue weighted by Crippen LogP contribution is -2.14. The number of hydrogen-bond acceptors (Lipinski definition) is 2. The SMILES string of the molecule is NC(=O)c1c(Cl)cc(Cl)c(CC(=O)O)c1Cl. The standard InChI is InChI=1S/C9H6Cl3NO3/c10-4-2-5(11)7(9(13)16)8(12)3(4)1-6(14)15/h2H,1H2,(H2,13,16)(H,14,15). The maximum Gasteiger partial charge on any atom is 0.307 e. The summed E-state index contributed by atoms with van der Waals surface area (Å²) in [5.41, 5.74) is 5.07. The van der Waals surface area contributed by atoms with Crippen molar-refractivity contribution in [2.75, 3.05) is 0 Å². The number of halogens is 3. The molecule has 0 bridgehead atoms. The van der Waals surface area contributed by atoms with Crippen LogP contribution in [0.25, 0.3) is 0 Å². The fourth-order valence-electron chi connectivity index (χ4n) is 1.17. The normalized spacial score (nSPS) is 10.2. The lowest BCUT2D eigenvalue weighted by Gasteiger charge is -2.09. The number of amides is 1. The molecular formula is C9H6Cl3NO3. The van der Waals surface area contributed by atoms with Gasteiger partial charge < -0.3 is 10.8 Å². The van der Waals surface area contributed by atoms with E-state index in [0.717, 1.165) is 0 Å². The van der Waals surface area contributed by atoms with E-state index in [0.29, 0.717) is 0 Å². The van der Waals surface area contributed by atoms with Crippen LogP contribution in [0.4, 0.5) is 0 Å². The van der Waals surface area contributed by atoms with Gasteiger partial charge in [0.2, 0.25) is 0 Å². The van der Waals surface area contributed by atoms with E-state index < -0.39 is 18.3 Å². The van der Waals surface area contributed by atoms with Crippen LogP contribution in [0.3, 0.4) is 0 Å². The van der Waals surface area contributed by atoms with Gasteiger partial charge in [-0.05, 0) is 6.07 Å². The fraction of sp³-hybridized carbons (Fsp3) is 0.111. The molecule has 0 aliphatic rings. The van der Waals surface area contributed by atoms with Crippen LogP contribution >= 0.6 is 34.8 Å². The number of hydrogen-bond donors (Lipinski definition) is 2. The third kappa shape index (κ3) is 2.58. The van der Waals surface area contributed by atoms with E-state index in [1.807, 2.05) is 0 Å². The molecule has 16 heavy (non-hydrogen) atoms. The van der Waals surface area contributed by atoms with E-state index in [-0.39, 0.29) is 26.2 Å². The molecule has 86 valence electrons. The molecule has 7 heteroatoms. The van der Waals surface area contributed by atoms with Gasteiger partial charge in [-0.25, -0.2) is 0 Å². The topological polar surface area (TPSA) is 80.4 Å². The predicted octanol–water partition coefficient (Wildman–Crippen LogP) is 2.37. The molecule has 0 saturated heterocycles. The van der Waals surface area contributed by atoms with Crippen molar-refractivity contribution in [3.05, 3.63) is 32.3 Å². The Morgan fingerprint density at radius 1 is 1.25 bits per heavy atom.